The minimum Gasteiger partial charge on any atom is -0.420 e. The van der Waals surface area contributed by atoms with Gasteiger partial charge in [0.1, 0.15) is 6.07 Å². The Morgan fingerprint density at radius 2 is 1.71 bits per heavy atom. The van der Waals surface area contributed by atoms with Gasteiger partial charge in [-0.15, -0.1) is 0 Å². The van der Waals surface area contributed by atoms with Crippen molar-refractivity contribution in [3.8, 4) is 11.8 Å². The molecule has 0 radical (unpaired) electrons. The van der Waals surface area contributed by atoms with Crippen LogP contribution >= 0.6 is 0 Å². The van der Waals surface area contributed by atoms with E-state index >= 15 is 0 Å². The van der Waals surface area contributed by atoms with Crippen LogP contribution in [0.15, 0.2) is 36.4 Å². The van der Waals surface area contributed by atoms with Gasteiger partial charge < -0.3 is 4.74 Å². The Bertz CT molecular complexity index is 926. The molecule has 3 rings (SSSR count). The zero-order valence-electron chi connectivity index (χ0n) is 18.0. The molecule has 0 aliphatic heterocycles. The maximum atomic E-state index is 14.0. The van der Waals surface area contributed by atoms with Crippen LogP contribution < -0.4 is 4.74 Å². The van der Waals surface area contributed by atoms with Gasteiger partial charge in [-0.05, 0) is 67.3 Å². The Hall–Kier alpha value is -2.74. The average Bonchev–Trinajstić information content (AvgIpc) is 2.80. The number of benzene rings is 2. The normalized spacial score (nSPS) is 18.4. The first-order valence-electron chi connectivity index (χ1n) is 11.2. The number of halogens is 2. The number of esters is 1. The smallest absolute Gasteiger partial charge is 0.343 e. The molecule has 164 valence electrons. The highest BCUT2D eigenvalue weighted by molar-refractivity contribution is 5.91. The van der Waals surface area contributed by atoms with E-state index in [4.69, 9.17) is 10.00 Å². The summed E-state index contributed by atoms with van der Waals surface area (Å²) >= 11 is 0. The van der Waals surface area contributed by atoms with Gasteiger partial charge in [-0.2, -0.15) is 9.65 Å². The highest BCUT2D eigenvalue weighted by Crippen LogP contribution is 2.38. The molecule has 5 heteroatoms. The van der Waals surface area contributed by atoms with Crippen molar-refractivity contribution < 1.29 is 18.3 Å². The summed E-state index contributed by atoms with van der Waals surface area (Å²) in [4.78, 5) is 12.3. The van der Waals surface area contributed by atoms with Gasteiger partial charge in [-0.1, -0.05) is 51.2 Å². The third-order valence-electron chi connectivity index (χ3n) is 6.30. The van der Waals surface area contributed by atoms with E-state index in [2.05, 4.69) is 6.92 Å². The minimum atomic E-state index is -1.34. The van der Waals surface area contributed by atoms with Crippen molar-refractivity contribution >= 4 is 5.97 Å². The van der Waals surface area contributed by atoms with Crippen LogP contribution in [-0.2, 0) is 0 Å². The predicted molar refractivity (Wildman–Crippen MR) is 116 cm³/mol. The maximum Gasteiger partial charge on any atom is 0.343 e. The van der Waals surface area contributed by atoms with Gasteiger partial charge in [-0.3, -0.25) is 0 Å². The number of hydrogen-bond donors (Lipinski definition) is 0. The summed E-state index contributed by atoms with van der Waals surface area (Å²) in [5.74, 6) is -2.60. The third kappa shape index (κ3) is 5.91. The third-order valence-corrected chi connectivity index (χ3v) is 6.30. The molecular weight excluding hydrogens is 396 g/mol. The Balaban J connectivity index is 1.54. The van der Waals surface area contributed by atoms with Crippen LogP contribution in [0.4, 0.5) is 8.78 Å². The van der Waals surface area contributed by atoms with Gasteiger partial charge in [-0.25, -0.2) is 9.18 Å². The monoisotopic (exact) mass is 425 g/mol. The Kier molecular flexibility index (Phi) is 8.17. The highest BCUT2D eigenvalue weighted by atomic mass is 19.2. The van der Waals surface area contributed by atoms with E-state index in [1.807, 2.05) is 12.1 Å². The summed E-state index contributed by atoms with van der Waals surface area (Å²) in [6.45, 7) is 2.24. The molecule has 1 fully saturated rings. The number of nitriles is 1. The summed E-state index contributed by atoms with van der Waals surface area (Å²) in [5, 5.41) is 8.73. The van der Waals surface area contributed by atoms with Gasteiger partial charge in [0.05, 0.1) is 11.1 Å². The summed E-state index contributed by atoms with van der Waals surface area (Å²) in [7, 11) is 0. The second kappa shape index (κ2) is 11.0. The van der Waals surface area contributed by atoms with Gasteiger partial charge in [0.25, 0.3) is 0 Å². The van der Waals surface area contributed by atoms with E-state index in [0.29, 0.717) is 5.92 Å². The first kappa shape index (κ1) is 22.9. The number of carbonyl (C=O) groups excluding carboxylic acids is 1. The van der Waals surface area contributed by atoms with Crippen LogP contribution in [0.1, 0.15) is 92.1 Å². The first-order valence-corrected chi connectivity index (χ1v) is 11.2. The SMILES string of the molecule is CCCCCCC1CCC(c2ccc(C(=O)Oc3ccc(C#N)c(F)c3F)cc2)CC1. The Morgan fingerprint density at radius 3 is 2.35 bits per heavy atom. The van der Waals surface area contributed by atoms with Crippen molar-refractivity contribution in [2.45, 2.75) is 70.6 Å². The molecular formula is C26H29F2NO2. The number of hydrogen-bond acceptors (Lipinski definition) is 3. The summed E-state index contributed by atoms with van der Waals surface area (Å²) < 4.78 is 32.7. The van der Waals surface area contributed by atoms with Gasteiger partial charge in [0.2, 0.25) is 5.82 Å². The Labute approximate surface area is 183 Å². The molecule has 2 aromatic rings. The van der Waals surface area contributed by atoms with E-state index in [1.54, 1.807) is 18.2 Å². The molecule has 0 amide bonds. The molecule has 1 aliphatic rings. The topological polar surface area (TPSA) is 50.1 Å². The second-order valence-electron chi connectivity index (χ2n) is 8.43. The minimum absolute atomic E-state index is 0.275. The van der Waals surface area contributed by atoms with Gasteiger partial charge >= 0.3 is 5.97 Å². The van der Waals surface area contributed by atoms with Crippen LogP contribution in [0.25, 0.3) is 0 Å². The quantitative estimate of drug-likeness (QED) is 0.253. The molecule has 0 bridgehead atoms. The number of nitrogens with zero attached hydrogens (tertiary/aromatic N) is 1. The number of carbonyl (C=O) groups is 1. The second-order valence-corrected chi connectivity index (χ2v) is 8.43. The lowest BCUT2D eigenvalue weighted by Crippen LogP contribution is -2.14. The standard InChI is InChI=1S/C26H29F2NO2/c1-2-3-4-5-6-18-7-9-19(10-8-18)20-11-13-21(14-12-20)26(30)31-23-16-15-22(17-29)24(27)25(23)28/h11-16,18-19H,2-10H2,1H3. The fraction of sp³-hybridized carbons (Fsp3) is 0.462. The van der Waals surface area contributed by atoms with E-state index in [1.165, 1.54) is 50.5 Å². The van der Waals surface area contributed by atoms with Crippen molar-refractivity contribution in [1.82, 2.24) is 0 Å². The Morgan fingerprint density at radius 1 is 1.00 bits per heavy atom. The molecule has 2 aromatic carbocycles. The van der Waals surface area contributed by atoms with E-state index in [0.717, 1.165) is 30.9 Å². The zero-order chi connectivity index (χ0) is 22.2. The van der Waals surface area contributed by atoms with E-state index in [9.17, 15) is 13.6 Å². The number of ether oxygens (including phenoxy) is 1. The molecule has 3 nitrogen and oxygen atoms in total. The van der Waals surface area contributed by atoms with Gasteiger partial charge in [0, 0.05) is 0 Å². The highest BCUT2D eigenvalue weighted by Gasteiger charge is 2.23. The largest absolute Gasteiger partial charge is 0.420 e. The lowest BCUT2D eigenvalue weighted by atomic mass is 9.77. The van der Waals surface area contributed by atoms with Crippen LogP contribution in [0.5, 0.6) is 5.75 Å². The lowest BCUT2D eigenvalue weighted by molar-refractivity contribution is 0.0726. The van der Waals surface area contributed by atoms with Crippen molar-refractivity contribution in [2.75, 3.05) is 0 Å². The molecule has 1 saturated carbocycles. The van der Waals surface area contributed by atoms with E-state index in [-0.39, 0.29) is 5.56 Å². The fourth-order valence-corrected chi connectivity index (χ4v) is 4.39. The lowest BCUT2D eigenvalue weighted by Gasteiger charge is -2.29. The molecule has 0 N–H and O–H groups in total. The van der Waals surface area contributed by atoms with Gasteiger partial charge in [0.15, 0.2) is 11.6 Å². The van der Waals surface area contributed by atoms with Crippen molar-refractivity contribution in [1.29, 1.82) is 5.26 Å². The summed E-state index contributed by atoms with van der Waals surface area (Å²) in [6, 6.07) is 10.9. The zero-order valence-corrected chi connectivity index (χ0v) is 18.0. The van der Waals surface area contributed by atoms with E-state index < -0.39 is 28.9 Å². The van der Waals surface area contributed by atoms with Crippen LogP contribution in [0.2, 0.25) is 0 Å². The van der Waals surface area contributed by atoms with Crippen molar-refractivity contribution in [2.24, 2.45) is 5.92 Å². The molecule has 1 aliphatic carbocycles. The molecule has 0 spiro atoms. The number of rotatable bonds is 8. The number of unbranched alkanes of at least 4 members (excludes halogenated alkanes) is 3. The van der Waals surface area contributed by atoms with Crippen LogP contribution in [-0.4, -0.2) is 5.97 Å². The molecule has 0 atom stereocenters. The molecule has 0 heterocycles. The summed E-state index contributed by atoms with van der Waals surface area (Å²) in [5.41, 5.74) is 1.05. The molecule has 0 unspecified atom stereocenters. The molecule has 0 aromatic heterocycles. The van der Waals surface area contributed by atoms with Crippen molar-refractivity contribution in [3.63, 3.8) is 0 Å². The molecule has 31 heavy (non-hydrogen) atoms. The fourth-order valence-electron chi connectivity index (χ4n) is 4.39. The first-order chi connectivity index (χ1) is 15.0. The maximum absolute atomic E-state index is 14.0. The van der Waals surface area contributed by atoms with Crippen LogP contribution in [0.3, 0.4) is 0 Å². The predicted octanol–water partition coefficient (Wildman–Crippen LogP) is 7.30. The molecule has 0 saturated heterocycles. The van der Waals surface area contributed by atoms with Crippen LogP contribution in [0, 0.1) is 28.9 Å². The summed E-state index contributed by atoms with van der Waals surface area (Å²) in [6.07, 6.45) is 11.5. The average molecular weight is 426 g/mol. The van der Waals surface area contributed by atoms with Crippen molar-refractivity contribution in [3.05, 3.63) is 64.7 Å².